The van der Waals surface area contributed by atoms with E-state index < -0.39 is 11.9 Å². The molecule has 0 aliphatic carbocycles. The van der Waals surface area contributed by atoms with E-state index in [1.165, 1.54) is 18.2 Å². The van der Waals surface area contributed by atoms with Gasteiger partial charge in [-0.15, -0.1) is 0 Å². The number of hydrogen-bond donors (Lipinski definition) is 2. The first-order chi connectivity index (χ1) is 9.52. The highest BCUT2D eigenvalue weighted by molar-refractivity contribution is 6.30. The summed E-state index contributed by atoms with van der Waals surface area (Å²) in [5, 5.41) is 10.8. The van der Waals surface area contributed by atoms with Crippen LogP contribution in [-0.2, 0) is 0 Å². The van der Waals surface area contributed by atoms with Crippen LogP contribution in [0.1, 0.15) is 28.7 Å². The fraction of sp³-hybridized carbons (Fsp3) is 0.250. The topological polar surface area (TPSA) is 46.2 Å². The molecule has 2 rings (SSSR count). The monoisotopic (exact) mass is 293 g/mol. The minimum absolute atomic E-state index is 0.175. The lowest BCUT2D eigenvalue weighted by molar-refractivity contribution is 0.143. The summed E-state index contributed by atoms with van der Waals surface area (Å²) >= 11 is 5.87. The maximum atomic E-state index is 13.9. The molecule has 2 atom stereocenters. The molecule has 0 spiro atoms. The molecule has 0 bridgehead atoms. The molecule has 0 saturated heterocycles. The lowest BCUT2D eigenvalue weighted by atomic mass is 9.88. The van der Waals surface area contributed by atoms with Crippen LogP contribution < -0.4 is 5.73 Å². The summed E-state index contributed by atoms with van der Waals surface area (Å²) in [7, 11) is 0. The van der Waals surface area contributed by atoms with Gasteiger partial charge in [0.25, 0.3) is 0 Å². The molecule has 0 aliphatic rings. The van der Waals surface area contributed by atoms with Gasteiger partial charge < -0.3 is 10.8 Å². The van der Waals surface area contributed by atoms with E-state index in [4.69, 9.17) is 17.3 Å². The molecule has 0 heterocycles. The summed E-state index contributed by atoms with van der Waals surface area (Å²) in [6.45, 7) is 2.18. The molecule has 2 aromatic carbocycles. The molecule has 0 radical (unpaired) electrons. The van der Waals surface area contributed by atoms with Crippen LogP contribution in [0.15, 0.2) is 42.5 Å². The fourth-order valence-electron chi connectivity index (χ4n) is 2.31. The van der Waals surface area contributed by atoms with Gasteiger partial charge in [0.2, 0.25) is 0 Å². The Labute approximate surface area is 123 Å². The normalized spacial score (nSPS) is 14.1. The van der Waals surface area contributed by atoms with E-state index in [0.29, 0.717) is 5.02 Å². The van der Waals surface area contributed by atoms with Gasteiger partial charge in [-0.2, -0.15) is 0 Å². The molecular weight excluding hydrogens is 277 g/mol. The van der Waals surface area contributed by atoms with Crippen molar-refractivity contribution in [3.05, 3.63) is 70.0 Å². The standard InChI is InChI=1S/C16H17ClFNO/c1-10-3-2-4-11(7-10)14(9-19)16(20)13-8-12(17)5-6-15(13)18/h2-8,14,16,20H,9,19H2,1H3. The Balaban J connectivity index is 2.38. The van der Waals surface area contributed by atoms with Crippen molar-refractivity contribution in [2.75, 3.05) is 6.54 Å². The predicted molar refractivity (Wildman–Crippen MR) is 79.3 cm³/mol. The third-order valence-electron chi connectivity index (χ3n) is 3.38. The second kappa shape index (κ2) is 6.35. The summed E-state index contributed by atoms with van der Waals surface area (Å²) in [6, 6.07) is 11.8. The third-order valence-corrected chi connectivity index (χ3v) is 3.62. The molecule has 0 amide bonds. The Morgan fingerprint density at radius 2 is 2.00 bits per heavy atom. The van der Waals surface area contributed by atoms with Gasteiger partial charge in [0.05, 0.1) is 6.10 Å². The zero-order chi connectivity index (χ0) is 14.7. The van der Waals surface area contributed by atoms with Crippen molar-refractivity contribution < 1.29 is 9.50 Å². The highest BCUT2D eigenvalue weighted by atomic mass is 35.5. The maximum absolute atomic E-state index is 13.9. The first-order valence-corrected chi connectivity index (χ1v) is 6.80. The average molecular weight is 294 g/mol. The summed E-state index contributed by atoms with van der Waals surface area (Å²) in [6.07, 6.45) is -1.03. The average Bonchev–Trinajstić information content (AvgIpc) is 2.42. The number of aryl methyl sites for hydroxylation is 1. The number of aliphatic hydroxyl groups excluding tert-OH is 1. The third kappa shape index (κ3) is 3.18. The van der Waals surface area contributed by atoms with Gasteiger partial charge in [-0.1, -0.05) is 41.4 Å². The number of nitrogens with two attached hydrogens (primary N) is 1. The van der Waals surface area contributed by atoms with Gasteiger partial charge in [-0.25, -0.2) is 4.39 Å². The Kier molecular flexibility index (Phi) is 4.76. The number of hydrogen-bond acceptors (Lipinski definition) is 2. The van der Waals surface area contributed by atoms with E-state index in [1.54, 1.807) is 0 Å². The van der Waals surface area contributed by atoms with Gasteiger partial charge in [-0.05, 0) is 30.7 Å². The SMILES string of the molecule is Cc1cccc(C(CN)C(O)c2cc(Cl)ccc2F)c1. The van der Waals surface area contributed by atoms with Crippen molar-refractivity contribution in [3.63, 3.8) is 0 Å². The lowest BCUT2D eigenvalue weighted by Gasteiger charge is -2.23. The lowest BCUT2D eigenvalue weighted by Crippen LogP contribution is -2.21. The predicted octanol–water partition coefficient (Wildman–Crippen LogP) is 3.56. The van der Waals surface area contributed by atoms with Crippen LogP contribution in [0.4, 0.5) is 4.39 Å². The molecule has 0 aromatic heterocycles. The molecule has 0 fully saturated rings. The van der Waals surface area contributed by atoms with Crippen molar-refractivity contribution in [1.29, 1.82) is 0 Å². The van der Waals surface area contributed by atoms with Crippen molar-refractivity contribution in [1.82, 2.24) is 0 Å². The van der Waals surface area contributed by atoms with E-state index in [-0.39, 0.29) is 18.0 Å². The van der Waals surface area contributed by atoms with Crippen molar-refractivity contribution in [2.24, 2.45) is 5.73 Å². The Bertz CT molecular complexity index is 603. The fourth-order valence-corrected chi connectivity index (χ4v) is 2.49. The molecule has 2 unspecified atom stereocenters. The number of rotatable bonds is 4. The van der Waals surface area contributed by atoms with Crippen LogP contribution in [0.3, 0.4) is 0 Å². The Hall–Kier alpha value is -1.42. The molecule has 4 heteroatoms. The van der Waals surface area contributed by atoms with Crippen molar-refractivity contribution >= 4 is 11.6 Å². The van der Waals surface area contributed by atoms with Crippen LogP contribution in [0.5, 0.6) is 0 Å². The molecule has 0 aliphatic heterocycles. The van der Waals surface area contributed by atoms with E-state index in [9.17, 15) is 9.50 Å². The quantitative estimate of drug-likeness (QED) is 0.905. The van der Waals surface area contributed by atoms with Gasteiger partial charge >= 0.3 is 0 Å². The number of halogens is 2. The van der Waals surface area contributed by atoms with Crippen LogP contribution in [0.25, 0.3) is 0 Å². The molecule has 20 heavy (non-hydrogen) atoms. The van der Waals surface area contributed by atoms with Crippen LogP contribution in [0, 0.1) is 12.7 Å². The molecule has 3 N–H and O–H groups in total. The molecule has 2 nitrogen and oxygen atoms in total. The second-order valence-electron chi connectivity index (χ2n) is 4.87. The minimum Gasteiger partial charge on any atom is -0.388 e. The van der Waals surface area contributed by atoms with Gasteiger partial charge in [0.1, 0.15) is 5.82 Å². The zero-order valence-electron chi connectivity index (χ0n) is 11.2. The number of benzene rings is 2. The Morgan fingerprint density at radius 1 is 1.25 bits per heavy atom. The van der Waals surface area contributed by atoms with Gasteiger partial charge in [0, 0.05) is 23.0 Å². The molecule has 2 aromatic rings. The first-order valence-electron chi connectivity index (χ1n) is 6.42. The largest absolute Gasteiger partial charge is 0.388 e. The van der Waals surface area contributed by atoms with E-state index in [2.05, 4.69) is 0 Å². The second-order valence-corrected chi connectivity index (χ2v) is 5.30. The summed E-state index contributed by atoms with van der Waals surface area (Å²) in [4.78, 5) is 0. The molecule has 106 valence electrons. The van der Waals surface area contributed by atoms with Crippen molar-refractivity contribution in [3.8, 4) is 0 Å². The smallest absolute Gasteiger partial charge is 0.129 e. The highest BCUT2D eigenvalue weighted by Gasteiger charge is 2.24. The summed E-state index contributed by atoms with van der Waals surface area (Å²) in [5.74, 6) is -0.851. The van der Waals surface area contributed by atoms with E-state index in [0.717, 1.165) is 11.1 Å². The molecular formula is C16H17ClFNO. The minimum atomic E-state index is -1.03. The maximum Gasteiger partial charge on any atom is 0.129 e. The van der Waals surface area contributed by atoms with Gasteiger partial charge in [0.15, 0.2) is 0 Å². The Morgan fingerprint density at radius 3 is 2.65 bits per heavy atom. The van der Waals surface area contributed by atoms with E-state index >= 15 is 0 Å². The highest BCUT2D eigenvalue weighted by Crippen LogP contribution is 2.33. The summed E-state index contributed by atoms with van der Waals surface area (Å²) < 4.78 is 13.9. The van der Waals surface area contributed by atoms with Crippen LogP contribution >= 0.6 is 11.6 Å². The van der Waals surface area contributed by atoms with Gasteiger partial charge in [-0.3, -0.25) is 0 Å². The first kappa shape index (κ1) is 15.0. The zero-order valence-corrected chi connectivity index (χ0v) is 11.9. The van der Waals surface area contributed by atoms with E-state index in [1.807, 2.05) is 31.2 Å². The van der Waals surface area contributed by atoms with Crippen LogP contribution in [-0.4, -0.2) is 11.7 Å². The number of aliphatic hydroxyl groups is 1. The summed E-state index contributed by atoms with van der Waals surface area (Å²) in [5.41, 5.74) is 7.90. The van der Waals surface area contributed by atoms with Crippen molar-refractivity contribution in [2.45, 2.75) is 18.9 Å². The molecule has 0 saturated carbocycles. The van der Waals surface area contributed by atoms with Crippen LogP contribution in [0.2, 0.25) is 5.02 Å².